The van der Waals surface area contributed by atoms with Gasteiger partial charge in [-0.05, 0) is 24.1 Å². The molecule has 0 atom stereocenters. The van der Waals surface area contributed by atoms with E-state index in [1.54, 1.807) is 0 Å². The van der Waals surface area contributed by atoms with Gasteiger partial charge in [0.15, 0.2) is 5.78 Å². The molecule has 0 aliphatic heterocycles. The number of hydrogen-bond acceptors (Lipinski definition) is 3. The number of hydrogen-bond donors (Lipinski definition) is 0. The molecule has 2 aromatic carbocycles. The molecule has 2 aromatic rings. The Kier molecular flexibility index (Phi) is 4.03. The van der Waals surface area contributed by atoms with Gasteiger partial charge in [0.05, 0.1) is 4.92 Å². The zero-order valence-electron chi connectivity index (χ0n) is 10.3. The van der Waals surface area contributed by atoms with Crippen molar-refractivity contribution in [3.63, 3.8) is 0 Å². The summed E-state index contributed by atoms with van der Waals surface area (Å²) < 4.78 is 0. The first kappa shape index (κ1) is 13.0. The highest BCUT2D eigenvalue weighted by Gasteiger charge is 2.09. The van der Waals surface area contributed by atoms with Crippen molar-refractivity contribution in [3.05, 3.63) is 75.8 Å². The molecule has 0 heterocycles. The number of nitro groups is 1. The summed E-state index contributed by atoms with van der Waals surface area (Å²) in [5.41, 5.74) is 1.62. The smallest absolute Gasteiger partial charge is 0.269 e. The van der Waals surface area contributed by atoms with Crippen LogP contribution in [0.15, 0.2) is 54.6 Å². The number of carbonyl (C=O) groups is 1. The average Bonchev–Trinajstić information content (AvgIpc) is 2.46. The highest BCUT2D eigenvalue weighted by molar-refractivity contribution is 5.96. The molecule has 19 heavy (non-hydrogen) atoms. The van der Waals surface area contributed by atoms with E-state index in [1.165, 1.54) is 24.3 Å². The Morgan fingerprint density at radius 1 is 1.00 bits per heavy atom. The van der Waals surface area contributed by atoms with Crippen LogP contribution >= 0.6 is 0 Å². The summed E-state index contributed by atoms with van der Waals surface area (Å²) in [6.07, 6.45) is 1.08. The summed E-state index contributed by atoms with van der Waals surface area (Å²) in [5, 5.41) is 10.5. The van der Waals surface area contributed by atoms with Crippen LogP contribution in [0, 0.1) is 10.1 Å². The van der Waals surface area contributed by atoms with Crippen LogP contribution in [0.1, 0.15) is 22.3 Å². The van der Waals surface area contributed by atoms with Crippen molar-refractivity contribution in [2.45, 2.75) is 12.8 Å². The van der Waals surface area contributed by atoms with Crippen LogP contribution in [0.4, 0.5) is 5.69 Å². The first-order valence-corrected chi connectivity index (χ1v) is 5.98. The molecule has 4 nitrogen and oxygen atoms in total. The van der Waals surface area contributed by atoms with Crippen LogP contribution in [-0.4, -0.2) is 10.7 Å². The molecule has 2 rings (SSSR count). The maximum absolute atomic E-state index is 11.9. The zero-order chi connectivity index (χ0) is 13.7. The minimum Gasteiger partial charge on any atom is -0.294 e. The van der Waals surface area contributed by atoms with Gasteiger partial charge < -0.3 is 0 Å². The molecule has 4 heteroatoms. The van der Waals surface area contributed by atoms with Gasteiger partial charge in [-0.15, -0.1) is 0 Å². The van der Waals surface area contributed by atoms with Gasteiger partial charge in [-0.3, -0.25) is 14.9 Å². The van der Waals surface area contributed by atoms with Gasteiger partial charge in [0.1, 0.15) is 0 Å². The predicted molar refractivity (Wildman–Crippen MR) is 72.2 cm³/mol. The molecule has 0 aliphatic rings. The van der Waals surface area contributed by atoms with E-state index in [0.717, 1.165) is 5.56 Å². The molecular formula is C15H13NO3. The number of Topliss-reactive ketones (excluding diaryl/α,β-unsaturated/α-hetero) is 1. The van der Waals surface area contributed by atoms with Gasteiger partial charge in [0.2, 0.25) is 0 Å². The normalized spacial score (nSPS) is 10.1. The fraction of sp³-hybridized carbons (Fsp3) is 0.133. The fourth-order valence-electron chi connectivity index (χ4n) is 1.82. The number of nitrogens with zero attached hydrogens (tertiary/aromatic N) is 1. The van der Waals surface area contributed by atoms with Gasteiger partial charge in [-0.1, -0.05) is 30.3 Å². The van der Waals surface area contributed by atoms with Crippen LogP contribution in [0.25, 0.3) is 0 Å². The SMILES string of the molecule is O=C(CCc1ccccc1)c1ccc([N+](=O)[O-])cc1. The number of rotatable bonds is 5. The van der Waals surface area contributed by atoms with Crippen molar-refractivity contribution in [2.75, 3.05) is 0 Å². The lowest BCUT2D eigenvalue weighted by Crippen LogP contribution is -2.01. The number of aryl methyl sites for hydroxylation is 1. The summed E-state index contributed by atoms with van der Waals surface area (Å²) in [4.78, 5) is 22.0. The van der Waals surface area contributed by atoms with Crippen LogP contribution in [0.5, 0.6) is 0 Å². The van der Waals surface area contributed by atoms with Crippen molar-refractivity contribution < 1.29 is 9.72 Å². The maximum atomic E-state index is 11.9. The molecule has 0 saturated heterocycles. The molecule has 96 valence electrons. The Hall–Kier alpha value is -2.49. The van der Waals surface area contributed by atoms with Gasteiger partial charge in [0, 0.05) is 24.1 Å². The van der Waals surface area contributed by atoms with E-state index in [1.807, 2.05) is 30.3 Å². The third-order valence-electron chi connectivity index (χ3n) is 2.88. The molecule has 0 spiro atoms. The van der Waals surface area contributed by atoms with Crippen LogP contribution in [0.3, 0.4) is 0 Å². The predicted octanol–water partition coefficient (Wildman–Crippen LogP) is 3.41. The summed E-state index contributed by atoms with van der Waals surface area (Å²) in [6, 6.07) is 15.5. The average molecular weight is 255 g/mol. The lowest BCUT2D eigenvalue weighted by atomic mass is 10.0. The van der Waals surface area contributed by atoms with E-state index in [4.69, 9.17) is 0 Å². The van der Waals surface area contributed by atoms with Gasteiger partial charge in [-0.2, -0.15) is 0 Å². The van der Waals surface area contributed by atoms with Crippen LogP contribution in [-0.2, 0) is 6.42 Å². The van der Waals surface area contributed by atoms with Crippen molar-refractivity contribution in [1.29, 1.82) is 0 Å². The monoisotopic (exact) mass is 255 g/mol. The minimum atomic E-state index is -0.474. The van der Waals surface area contributed by atoms with Crippen molar-refractivity contribution in [3.8, 4) is 0 Å². The third-order valence-corrected chi connectivity index (χ3v) is 2.88. The second kappa shape index (κ2) is 5.91. The first-order chi connectivity index (χ1) is 9.16. The largest absolute Gasteiger partial charge is 0.294 e. The second-order valence-electron chi connectivity index (χ2n) is 4.21. The third kappa shape index (κ3) is 3.48. The van der Waals surface area contributed by atoms with Crippen LogP contribution < -0.4 is 0 Å². The molecule has 0 saturated carbocycles. The van der Waals surface area contributed by atoms with E-state index < -0.39 is 4.92 Å². The Bertz CT molecular complexity index is 576. The highest BCUT2D eigenvalue weighted by atomic mass is 16.6. The number of nitro benzene ring substituents is 1. The van der Waals surface area contributed by atoms with E-state index in [0.29, 0.717) is 18.4 Å². The zero-order valence-corrected chi connectivity index (χ0v) is 10.3. The molecule has 0 bridgehead atoms. The summed E-state index contributed by atoms with van der Waals surface area (Å²) in [7, 11) is 0. The molecule has 0 N–H and O–H groups in total. The first-order valence-electron chi connectivity index (χ1n) is 5.98. The standard InChI is InChI=1S/C15H13NO3/c17-15(11-6-12-4-2-1-3-5-12)13-7-9-14(10-8-13)16(18)19/h1-5,7-10H,6,11H2. The molecule has 0 unspecified atom stereocenters. The Labute approximate surface area is 110 Å². The van der Waals surface area contributed by atoms with Gasteiger partial charge in [-0.25, -0.2) is 0 Å². The molecule has 0 radical (unpaired) electrons. The number of carbonyl (C=O) groups excluding carboxylic acids is 1. The van der Waals surface area contributed by atoms with Crippen molar-refractivity contribution >= 4 is 11.5 Å². The molecule has 0 aliphatic carbocycles. The molecule has 0 fully saturated rings. The topological polar surface area (TPSA) is 60.2 Å². The lowest BCUT2D eigenvalue weighted by Gasteiger charge is -2.01. The molecule has 0 amide bonds. The van der Waals surface area contributed by atoms with E-state index in [9.17, 15) is 14.9 Å². The van der Waals surface area contributed by atoms with E-state index >= 15 is 0 Å². The number of non-ortho nitro benzene ring substituents is 1. The molecular weight excluding hydrogens is 242 g/mol. The van der Waals surface area contributed by atoms with E-state index in [2.05, 4.69) is 0 Å². The summed E-state index contributed by atoms with van der Waals surface area (Å²) in [6.45, 7) is 0. The fourth-order valence-corrected chi connectivity index (χ4v) is 1.82. The molecule has 0 aromatic heterocycles. The number of benzene rings is 2. The van der Waals surface area contributed by atoms with Crippen LogP contribution in [0.2, 0.25) is 0 Å². The Balaban J connectivity index is 1.98. The Morgan fingerprint density at radius 3 is 2.21 bits per heavy atom. The highest BCUT2D eigenvalue weighted by Crippen LogP contribution is 2.14. The van der Waals surface area contributed by atoms with Crippen molar-refractivity contribution in [1.82, 2.24) is 0 Å². The quantitative estimate of drug-likeness (QED) is 0.467. The maximum Gasteiger partial charge on any atom is 0.269 e. The number of ketones is 1. The van der Waals surface area contributed by atoms with Crippen molar-refractivity contribution in [2.24, 2.45) is 0 Å². The van der Waals surface area contributed by atoms with Gasteiger partial charge >= 0.3 is 0 Å². The van der Waals surface area contributed by atoms with Gasteiger partial charge in [0.25, 0.3) is 5.69 Å². The Morgan fingerprint density at radius 2 is 1.63 bits per heavy atom. The van der Waals surface area contributed by atoms with E-state index in [-0.39, 0.29) is 11.5 Å². The lowest BCUT2D eigenvalue weighted by molar-refractivity contribution is -0.384. The minimum absolute atomic E-state index is 0.000362. The second-order valence-corrected chi connectivity index (χ2v) is 4.21. The summed E-state index contributed by atoms with van der Waals surface area (Å²) >= 11 is 0. The summed E-state index contributed by atoms with van der Waals surface area (Å²) in [5.74, 6) is -0.00116.